The van der Waals surface area contributed by atoms with Gasteiger partial charge in [-0.05, 0) is 26.7 Å². The molecule has 0 radical (unpaired) electrons. The number of phosphoric acid groups is 1. The summed E-state index contributed by atoms with van der Waals surface area (Å²) in [5, 5.41) is 0. The first kappa shape index (κ1) is 29.2. The third-order valence-corrected chi connectivity index (χ3v) is 7.61. The molecule has 0 spiro atoms. The molecule has 17 nitrogen and oxygen atoms in total. The van der Waals surface area contributed by atoms with Crippen LogP contribution in [0, 0.1) is 0 Å². The zero-order valence-corrected chi connectivity index (χ0v) is 24.2. The summed E-state index contributed by atoms with van der Waals surface area (Å²) in [5.41, 5.74) is -0.476. The van der Waals surface area contributed by atoms with Crippen LogP contribution in [0.1, 0.15) is 26.7 Å². The Morgan fingerprint density at radius 3 is 2.45 bits per heavy atom. The number of nitrogens with zero attached hydrogens (tertiary/aromatic N) is 10. The molecule has 222 valence electrons. The maximum Gasteiger partial charge on any atom is 0.471 e. The highest BCUT2D eigenvalue weighted by Crippen LogP contribution is 2.36. The minimum atomic E-state index is -4.99. The Bertz CT molecular complexity index is 1830. The minimum Gasteiger partial charge on any atom is -0.336 e. The zero-order valence-electron chi connectivity index (χ0n) is 23.3. The van der Waals surface area contributed by atoms with Gasteiger partial charge in [-0.3, -0.25) is 33.1 Å². The highest BCUT2D eigenvalue weighted by atomic mass is 31.2. The van der Waals surface area contributed by atoms with Gasteiger partial charge in [-0.15, -0.1) is 0 Å². The summed E-state index contributed by atoms with van der Waals surface area (Å²) in [7, 11) is -2.25. The van der Waals surface area contributed by atoms with Crippen molar-refractivity contribution in [1.29, 1.82) is 0 Å². The van der Waals surface area contributed by atoms with Crippen molar-refractivity contribution in [1.82, 2.24) is 38.6 Å². The molecule has 0 unspecified atom stereocenters. The monoisotopic (exact) mass is 600 g/mol. The van der Waals surface area contributed by atoms with Gasteiger partial charge in [-0.2, -0.15) is 0 Å². The highest BCUT2D eigenvalue weighted by Gasteiger charge is 2.33. The lowest BCUT2D eigenvalue weighted by atomic mass is 10.0. The average molecular weight is 601 g/mol. The summed E-state index contributed by atoms with van der Waals surface area (Å²) in [6.45, 7) is 3.73. The predicted molar refractivity (Wildman–Crippen MR) is 149 cm³/mol. The average Bonchev–Trinajstić information content (AvgIpc) is 3.52. The van der Waals surface area contributed by atoms with Gasteiger partial charge in [0.1, 0.15) is 13.3 Å². The van der Waals surface area contributed by atoms with Crippen LogP contribution in [0.4, 0.5) is 11.8 Å². The largest absolute Gasteiger partial charge is 0.471 e. The molecule has 1 aliphatic rings. The molecule has 1 fully saturated rings. The lowest BCUT2D eigenvalue weighted by molar-refractivity contribution is -0.119. The number of aryl methyl sites for hydroxylation is 1. The molecule has 1 amide bonds. The molecule has 5 heterocycles. The molecule has 1 aliphatic heterocycles. The molecular formula is C24H29N10O7P. The fourth-order valence-corrected chi connectivity index (χ4v) is 5.11. The summed E-state index contributed by atoms with van der Waals surface area (Å²) >= 11 is 0. The van der Waals surface area contributed by atoms with Crippen LogP contribution in [-0.2, 0) is 34.5 Å². The molecule has 0 aromatic carbocycles. The molecule has 2 N–H and O–H groups in total. The Balaban J connectivity index is 1.46. The van der Waals surface area contributed by atoms with Gasteiger partial charge < -0.3 is 19.3 Å². The van der Waals surface area contributed by atoms with Crippen LogP contribution in [0.25, 0.3) is 22.4 Å². The maximum atomic E-state index is 13.5. The summed E-state index contributed by atoms with van der Waals surface area (Å²) < 4.78 is 19.4. The second-order valence-corrected chi connectivity index (χ2v) is 11.7. The normalized spacial score (nSPS) is 15.0. The fourth-order valence-electron chi connectivity index (χ4n) is 4.84. The van der Waals surface area contributed by atoms with Crippen LogP contribution in [0.5, 0.6) is 0 Å². The highest BCUT2D eigenvalue weighted by molar-refractivity contribution is 7.46. The SMILES string of the molecule is Cn1c(=O)c2c(ncn2CC(=O)N(COP(=O)(O)O)c2cncc(-c3cnc(N4CCCC4(C)C)nc3)n2)n(C)c1=O. The summed E-state index contributed by atoms with van der Waals surface area (Å²) in [6.07, 6.45) is 9.10. The van der Waals surface area contributed by atoms with Crippen molar-refractivity contribution >= 4 is 36.7 Å². The number of hydrogen-bond acceptors (Lipinski definition) is 11. The lowest BCUT2D eigenvalue weighted by Gasteiger charge is -2.31. The van der Waals surface area contributed by atoms with E-state index in [1.165, 1.54) is 42.0 Å². The summed E-state index contributed by atoms with van der Waals surface area (Å²) in [4.78, 5) is 81.8. The number of hydrogen-bond donors (Lipinski definition) is 2. The van der Waals surface area contributed by atoms with E-state index in [9.17, 15) is 28.7 Å². The van der Waals surface area contributed by atoms with E-state index >= 15 is 0 Å². The number of rotatable bonds is 8. The van der Waals surface area contributed by atoms with Gasteiger partial charge in [0.15, 0.2) is 17.0 Å². The number of anilines is 2. The van der Waals surface area contributed by atoms with Gasteiger partial charge >= 0.3 is 13.5 Å². The van der Waals surface area contributed by atoms with Crippen molar-refractivity contribution in [3.63, 3.8) is 0 Å². The van der Waals surface area contributed by atoms with Gasteiger partial charge in [-0.1, -0.05) is 0 Å². The zero-order chi connectivity index (χ0) is 30.4. The number of fused-ring (bicyclic) bond motifs is 1. The van der Waals surface area contributed by atoms with Gasteiger partial charge in [0.2, 0.25) is 11.9 Å². The van der Waals surface area contributed by atoms with Crippen molar-refractivity contribution in [2.24, 2.45) is 14.1 Å². The quantitative estimate of drug-likeness (QED) is 0.205. The number of amides is 1. The topological polar surface area (TPSA) is 204 Å². The molecule has 0 saturated carbocycles. The van der Waals surface area contributed by atoms with Gasteiger partial charge in [0, 0.05) is 44.1 Å². The van der Waals surface area contributed by atoms with Crippen LogP contribution < -0.4 is 21.0 Å². The molecule has 0 bridgehead atoms. The fraction of sp³-hybridized carbons (Fsp3) is 0.417. The first-order valence-corrected chi connectivity index (χ1v) is 14.3. The molecule has 0 atom stereocenters. The molecule has 18 heteroatoms. The number of imidazole rings is 1. The molecular weight excluding hydrogens is 571 g/mol. The molecule has 42 heavy (non-hydrogen) atoms. The van der Waals surface area contributed by atoms with Crippen LogP contribution in [0.15, 0.2) is 40.7 Å². The van der Waals surface area contributed by atoms with E-state index in [2.05, 4.69) is 48.2 Å². The Morgan fingerprint density at radius 1 is 1.10 bits per heavy atom. The number of aromatic nitrogens is 8. The van der Waals surface area contributed by atoms with E-state index < -0.39 is 38.3 Å². The molecule has 1 saturated heterocycles. The Morgan fingerprint density at radius 2 is 1.81 bits per heavy atom. The Hall–Kier alpha value is -4.31. The van der Waals surface area contributed by atoms with E-state index in [0.717, 1.165) is 28.9 Å². The second-order valence-electron chi connectivity index (χ2n) is 10.4. The van der Waals surface area contributed by atoms with Crippen molar-refractivity contribution in [3.05, 3.63) is 52.0 Å². The summed E-state index contributed by atoms with van der Waals surface area (Å²) in [6, 6.07) is 0. The maximum absolute atomic E-state index is 13.5. The van der Waals surface area contributed by atoms with E-state index in [1.807, 2.05) is 0 Å². The van der Waals surface area contributed by atoms with Gasteiger partial charge in [-0.25, -0.2) is 29.3 Å². The standard InChI is InChI=1S/C24H29N10O7P/c1-24(2)6-5-7-34(24)22-26-8-15(9-27-22)16-10-25-11-17(29-16)33(14-41-42(38,39)40)18(35)12-32-13-28-20-19(32)21(36)31(4)23(37)30(20)3/h8-11,13H,5-7,12,14H2,1-4H3,(H2,38,39,40). The van der Waals surface area contributed by atoms with Gasteiger partial charge in [0.05, 0.1) is 24.4 Å². The van der Waals surface area contributed by atoms with Crippen LogP contribution >= 0.6 is 7.82 Å². The minimum absolute atomic E-state index is 0.0120. The van der Waals surface area contributed by atoms with Crippen molar-refractivity contribution in [2.45, 2.75) is 38.8 Å². The third-order valence-electron chi connectivity index (χ3n) is 7.15. The number of phosphoric ester groups is 1. The number of carbonyl (C=O) groups excluding carboxylic acids is 1. The van der Waals surface area contributed by atoms with Crippen LogP contribution in [-0.4, -0.2) is 73.1 Å². The first-order valence-electron chi connectivity index (χ1n) is 12.8. The Kier molecular flexibility index (Phi) is 7.53. The van der Waals surface area contributed by atoms with Crippen LogP contribution in [0.2, 0.25) is 0 Å². The smallest absolute Gasteiger partial charge is 0.336 e. The van der Waals surface area contributed by atoms with E-state index in [0.29, 0.717) is 17.2 Å². The third kappa shape index (κ3) is 5.59. The predicted octanol–water partition coefficient (Wildman–Crippen LogP) is 0.159. The van der Waals surface area contributed by atoms with Crippen LogP contribution in [0.3, 0.4) is 0 Å². The van der Waals surface area contributed by atoms with Gasteiger partial charge in [0.25, 0.3) is 5.56 Å². The number of carbonyl (C=O) groups is 1. The van der Waals surface area contributed by atoms with E-state index in [1.54, 1.807) is 12.4 Å². The van der Waals surface area contributed by atoms with E-state index in [4.69, 9.17) is 0 Å². The van der Waals surface area contributed by atoms with Crippen molar-refractivity contribution in [2.75, 3.05) is 23.1 Å². The molecule has 5 rings (SSSR count). The first-order chi connectivity index (χ1) is 19.8. The lowest BCUT2D eigenvalue weighted by Crippen LogP contribution is -2.39. The molecule has 4 aromatic heterocycles. The second kappa shape index (κ2) is 10.8. The summed E-state index contributed by atoms with van der Waals surface area (Å²) in [5.74, 6) is -0.262. The molecule has 0 aliphatic carbocycles. The van der Waals surface area contributed by atoms with Crippen molar-refractivity contribution < 1.29 is 23.7 Å². The van der Waals surface area contributed by atoms with E-state index in [-0.39, 0.29) is 22.5 Å². The van der Waals surface area contributed by atoms with Crippen molar-refractivity contribution in [3.8, 4) is 11.3 Å². The molecule has 4 aromatic rings. The Labute approximate surface area is 238 Å².